The molecule has 0 aliphatic heterocycles. The van der Waals surface area contributed by atoms with E-state index in [9.17, 15) is 4.79 Å². The normalized spacial score (nSPS) is 17.9. The number of aryl methyl sites for hydroxylation is 1. The zero-order valence-electron chi connectivity index (χ0n) is 7.86. The van der Waals surface area contributed by atoms with Crippen LogP contribution in [0.15, 0.2) is 35.9 Å². The SMILES string of the molecule is O=C(O)C=C1CCc2ccccc2C1. The molecule has 2 nitrogen and oxygen atoms in total. The molecule has 0 spiro atoms. The summed E-state index contributed by atoms with van der Waals surface area (Å²) in [5.41, 5.74) is 3.65. The number of rotatable bonds is 1. The molecule has 0 heterocycles. The first kappa shape index (κ1) is 9.00. The summed E-state index contributed by atoms with van der Waals surface area (Å²) in [4.78, 5) is 10.5. The van der Waals surface area contributed by atoms with Gasteiger partial charge in [0.1, 0.15) is 0 Å². The second-order valence-electron chi connectivity index (χ2n) is 3.59. The van der Waals surface area contributed by atoms with E-state index in [4.69, 9.17) is 5.11 Å². The van der Waals surface area contributed by atoms with Gasteiger partial charge in [0.05, 0.1) is 0 Å². The van der Waals surface area contributed by atoms with Crippen LogP contribution in [0.3, 0.4) is 0 Å². The first-order valence-corrected chi connectivity index (χ1v) is 4.75. The number of allylic oxidation sites excluding steroid dienone is 1. The Morgan fingerprint density at radius 1 is 1.21 bits per heavy atom. The summed E-state index contributed by atoms with van der Waals surface area (Å²) in [5, 5.41) is 8.64. The molecule has 0 amide bonds. The minimum atomic E-state index is -0.834. The number of carboxylic acid groups (broad SMARTS) is 1. The van der Waals surface area contributed by atoms with Crippen molar-refractivity contribution in [2.75, 3.05) is 0 Å². The Morgan fingerprint density at radius 3 is 2.64 bits per heavy atom. The summed E-state index contributed by atoms with van der Waals surface area (Å²) < 4.78 is 0. The lowest BCUT2D eigenvalue weighted by Gasteiger charge is -2.17. The quantitative estimate of drug-likeness (QED) is 0.686. The van der Waals surface area contributed by atoms with Crippen molar-refractivity contribution in [3.8, 4) is 0 Å². The van der Waals surface area contributed by atoms with Gasteiger partial charge in [-0.25, -0.2) is 4.79 Å². The summed E-state index contributed by atoms with van der Waals surface area (Å²) in [7, 11) is 0. The van der Waals surface area contributed by atoms with Crippen LogP contribution in [-0.4, -0.2) is 11.1 Å². The van der Waals surface area contributed by atoms with E-state index in [0.29, 0.717) is 0 Å². The molecule has 14 heavy (non-hydrogen) atoms. The Labute approximate surface area is 82.9 Å². The smallest absolute Gasteiger partial charge is 0.328 e. The highest BCUT2D eigenvalue weighted by atomic mass is 16.4. The van der Waals surface area contributed by atoms with E-state index in [1.165, 1.54) is 17.2 Å². The molecular formula is C12H12O2. The van der Waals surface area contributed by atoms with Crippen molar-refractivity contribution >= 4 is 5.97 Å². The highest BCUT2D eigenvalue weighted by Crippen LogP contribution is 2.24. The Bertz CT molecular complexity index is 391. The third-order valence-electron chi connectivity index (χ3n) is 2.58. The number of hydrogen-bond acceptors (Lipinski definition) is 1. The fourth-order valence-corrected chi connectivity index (χ4v) is 1.90. The second kappa shape index (κ2) is 3.66. The molecule has 0 unspecified atom stereocenters. The van der Waals surface area contributed by atoms with Crippen LogP contribution < -0.4 is 0 Å². The molecular weight excluding hydrogens is 176 g/mol. The number of benzene rings is 1. The largest absolute Gasteiger partial charge is 0.478 e. The van der Waals surface area contributed by atoms with Crippen molar-refractivity contribution in [3.05, 3.63) is 47.0 Å². The number of carboxylic acids is 1. The van der Waals surface area contributed by atoms with Gasteiger partial charge in [-0.2, -0.15) is 0 Å². The molecule has 0 fully saturated rings. The van der Waals surface area contributed by atoms with E-state index >= 15 is 0 Å². The van der Waals surface area contributed by atoms with Crippen LogP contribution in [0.1, 0.15) is 17.5 Å². The molecule has 0 saturated heterocycles. The van der Waals surface area contributed by atoms with Gasteiger partial charge in [0.2, 0.25) is 0 Å². The number of fused-ring (bicyclic) bond motifs is 1. The lowest BCUT2D eigenvalue weighted by molar-refractivity contribution is -0.131. The Kier molecular flexibility index (Phi) is 2.35. The van der Waals surface area contributed by atoms with E-state index in [1.54, 1.807) is 0 Å². The van der Waals surface area contributed by atoms with E-state index in [1.807, 2.05) is 12.1 Å². The molecule has 1 aliphatic carbocycles. The molecule has 1 aromatic carbocycles. The summed E-state index contributed by atoms with van der Waals surface area (Å²) in [6.07, 6.45) is 3.98. The number of carbonyl (C=O) groups is 1. The molecule has 0 atom stereocenters. The minimum absolute atomic E-state index is 0.794. The van der Waals surface area contributed by atoms with Crippen LogP contribution in [0.2, 0.25) is 0 Å². The minimum Gasteiger partial charge on any atom is -0.478 e. The predicted octanol–water partition coefficient (Wildman–Crippen LogP) is 2.19. The van der Waals surface area contributed by atoms with Gasteiger partial charge in [-0.1, -0.05) is 29.8 Å². The Balaban J connectivity index is 2.25. The highest BCUT2D eigenvalue weighted by molar-refractivity contribution is 5.80. The number of aliphatic carboxylic acids is 1. The van der Waals surface area contributed by atoms with Crippen molar-refractivity contribution in [1.29, 1.82) is 0 Å². The van der Waals surface area contributed by atoms with Crippen LogP contribution in [-0.2, 0) is 17.6 Å². The van der Waals surface area contributed by atoms with Gasteiger partial charge >= 0.3 is 5.97 Å². The fourth-order valence-electron chi connectivity index (χ4n) is 1.90. The van der Waals surface area contributed by atoms with Gasteiger partial charge < -0.3 is 5.11 Å². The Hall–Kier alpha value is -1.57. The lowest BCUT2D eigenvalue weighted by atomic mass is 9.88. The maximum Gasteiger partial charge on any atom is 0.328 e. The van der Waals surface area contributed by atoms with Crippen molar-refractivity contribution in [2.24, 2.45) is 0 Å². The molecule has 72 valence electrons. The van der Waals surface area contributed by atoms with Crippen LogP contribution in [0.4, 0.5) is 0 Å². The first-order chi connectivity index (χ1) is 6.75. The molecule has 0 bridgehead atoms. The van der Waals surface area contributed by atoms with Crippen LogP contribution in [0, 0.1) is 0 Å². The van der Waals surface area contributed by atoms with Gasteiger partial charge in [0, 0.05) is 6.08 Å². The van der Waals surface area contributed by atoms with Crippen LogP contribution >= 0.6 is 0 Å². The molecule has 0 aromatic heterocycles. The van der Waals surface area contributed by atoms with Gasteiger partial charge in [0.25, 0.3) is 0 Å². The topological polar surface area (TPSA) is 37.3 Å². The predicted molar refractivity (Wildman–Crippen MR) is 54.2 cm³/mol. The molecule has 2 heteroatoms. The first-order valence-electron chi connectivity index (χ1n) is 4.75. The fraction of sp³-hybridized carbons (Fsp3) is 0.250. The van der Waals surface area contributed by atoms with E-state index in [-0.39, 0.29) is 0 Å². The summed E-state index contributed by atoms with van der Waals surface area (Å²) in [5.74, 6) is -0.834. The number of hydrogen-bond donors (Lipinski definition) is 1. The standard InChI is InChI=1S/C12H12O2/c13-12(14)8-9-5-6-10-3-1-2-4-11(10)7-9/h1-4,8H,5-7H2,(H,13,14). The van der Waals surface area contributed by atoms with Gasteiger partial charge in [-0.05, 0) is 30.4 Å². The Morgan fingerprint density at radius 2 is 1.93 bits per heavy atom. The average Bonchev–Trinajstić information content (AvgIpc) is 2.17. The highest BCUT2D eigenvalue weighted by Gasteiger charge is 2.12. The van der Waals surface area contributed by atoms with E-state index in [0.717, 1.165) is 24.8 Å². The average molecular weight is 188 g/mol. The van der Waals surface area contributed by atoms with Crippen molar-refractivity contribution in [2.45, 2.75) is 19.3 Å². The summed E-state index contributed by atoms with van der Waals surface area (Å²) in [6, 6.07) is 8.23. The maximum atomic E-state index is 10.5. The molecule has 0 saturated carbocycles. The third-order valence-corrected chi connectivity index (χ3v) is 2.58. The van der Waals surface area contributed by atoms with Gasteiger partial charge in [-0.3, -0.25) is 0 Å². The van der Waals surface area contributed by atoms with Crippen molar-refractivity contribution in [3.63, 3.8) is 0 Å². The monoisotopic (exact) mass is 188 g/mol. The lowest BCUT2D eigenvalue weighted by Crippen LogP contribution is -2.06. The van der Waals surface area contributed by atoms with Crippen LogP contribution in [0.5, 0.6) is 0 Å². The van der Waals surface area contributed by atoms with Crippen molar-refractivity contribution in [1.82, 2.24) is 0 Å². The van der Waals surface area contributed by atoms with E-state index < -0.39 is 5.97 Å². The zero-order valence-corrected chi connectivity index (χ0v) is 7.86. The maximum absolute atomic E-state index is 10.5. The van der Waals surface area contributed by atoms with Crippen LogP contribution in [0.25, 0.3) is 0 Å². The molecule has 1 aliphatic rings. The molecule has 0 radical (unpaired) electrons. The summed E-state index contributed by atoms with van der Waals surface area (Å²) >= 11 is 0. The second-order valence-corrected chi connectivity index (χ2v) is 3.59. The molecule has 2 rings (SSSR count). The van der Waals surface area contributed by atoms with Gasteiger partial charge in [0.15, 0.2) is 0 Å². The van der Waals surface area contributed by atoms with E-state index in [2.05, 4.69) is 12.1 Å². The molecule has 1 N–H and O–H groups in total. The third kappa shape index (κ3) is 1.84. The summed E-state index contributed by atoms with van der Waals surface area (Å²) in [6.45, 7) is 0. The molecule has 1 aromatic rings. The van der Waals surface area contributed by atoms with Gasteiger partial charge in [-0.15, -0.1) is 0 Å². The van der Waals surface area contributed by atoms with Crippen molar-refractivity contribution < 1.29 is 9.90 Å². The zero-order chi connectivity index (χ0) is 9.97.